The van der Waals surface area contributed by atoms with Gasteiger partial charge in [-0.3, -0.25) is 0 Å². The summed E-state index contributed by atoms with van der Waals surface area (Å²) in [7, 11) is 0. The number of carboxylic acids is 1. The van der Waals surface area contributed by atoms with Crippen molar-refractivity contribution in [2.24, 2.45) is 0 Å². The van der Waals surface area contributed by atoms with Gasteiger partial charge >= 0.3 is 79.0 Å². The molecule has 0 unspecified atom stereocenters. The van der Waals surface area contributed by atoms with Crippen molar-refractivity contribution < 1.29 is 9.90 Å². The fourth-order valence-electron chi connectivity index (χ4n) is 1.14. The van der Waals surface area contributed by atoms with E-state index in [4.69, 9.17) is 5.11 Å². The first kappa shape index (κ1) is 7.85. The molecule has 0 atom stereocenters. The van der Waals surface area contributed by atoms with E-state index in [0.717, 1.165) is 5.39 Å². The summed E-state index contributed by atoms with van der Waals surface area (Å²) >= 11 is -0.365. The molecule has 0 spiro atoms. The van der Waals surface area contributed by atoms with Crippen molar-refractivity contribution in [1.29, 1.82) is 0 Å². The predicted molar refractivity (Wildman–Crippen MR) is 47.8 cm³/mol. The molecule has 0 radical (unpaired) electrons. The third kappa shape index (κ3) is 1.16. The molecule has 60 valence electrons. The summed E-state index contributed by atoms with van der Waals surface area (Å²) in [6.45, 7) is 0. The molecule has 12 heavy (non-hydrogen) atoms. The average Bonchev–Trinajstić information content (AvgIpc) is 2.47. The molecule has 0 saturated carbocycles. The Morgan fingerprint density at radius 3 is 2.83 bits per heavy atom. The van der Waals surface area contributed by atoms with Gasteiger partial charge in [-0.2, -0.15) is 0 Å². The molecule has 0 amide bonds. The zero-order valence-corrected chi connectivity index (χ0v) is 8.48. The van der Waals surface area contributed by atoms with Gasteiger partial charge in [0.2, 0.25) is 0 Å². The first-order chi connectivity index (χ1) is 5.79. The molecular weight excluding hydrogens is 268 g/mol. The van der Waals surface area contributed by atoms with E-state index in [1.165, 1.54) is 3.40 Å². The van der Waals surface area contributed by atoms with E-state index in [2.05, 4.69) is 0 Å². The van der Waals surface area contributed by atoms with E-state index in [0.29, 0.717) is 5.56 Å². The Morgan fingerprint density at radius 1 is 1.33 bits per heavy atom. The van der Waals surface area contributed by atoms with Crippen molar-refractivity contribution in [3.63, 3.8) is 0 Å². The van der Waals surface area contributed by atoms with E-state index in [1.807, 2.05) is 28.3 Å². The molecule has 1 aromatic carbocycles. The van der Waals surface area contributed by atoms with Gasteiger partial charge in [0.15, 0.2) is 0 Å². The minimum absolute atomic E-state index is 0.365. The van der Waals surface area contributed by atoms with Crippen LogP contribution in [0.3, 0.4) is 0 Å². The second-order valence-corrected chi connectivity index (χ2v) is 5.05. The molecular formula is C9H6O2Te. The van der Waals surface area contributed by atoms with Crippen molar-refractivity contribution in [3.05, 3.63) is 33.9 Å². The summed E-state index contributed by atoms with van der Waals surface area (Å²) in [5.74, 6) is -0.801. The summed E-state index contributed by atoms with van der Waals surface area (Å²) in [4.78, 5) is 10.7. The van der Waals surface area contributed by atoms with Crippen molar-refractivity contribution in [1.82, 2.24) is 0 Å². The molecule has 2 nitrogen and oxygen atoms in total. The van der Waals surface area contributed by atoms with E-state index < -0.39 is 5.97 Å². The first-order valence-electron chi connectivity index (χ1n) is 3.48. The average molecular weight is 274 g/mol. The van der Waals surface area contributed by atoms with Crippen LogP contribution in [-0.2, 0) is 0 Å². The van der Waals surface area contributed by atoms with Crippen LogP contribution >= 0.6 is 0 Å². The Bertz CT molecular complexity index is 431. The fourth-order valence-corrected chi connectivity index (χ4v) is 3.81. The zero-order chi connectivity index (χ0) is 8.55. The Kier molecular flexibility index (Phi) is 1.92. The fraction of sp³-hybridized carbons (Fsp3) is 0. The zero-order valence-electron chi connectivity index (χ0n) is 6.15. The van der Waals surface area contributed by atoms with E-state index in [9.17, 15) is 4.79 Å². The number of hydrogen-bond acceptors (Lipinski definition) is 1. The summed E-state index contributed by atoms with van der Waals surface area (Å²) in [5, 5.41) is 9.74. The monoisotopic (exact) mass is 276 g/mol. The number of benzene rings is 1. The number of rotatable bonds is 1. The third-order valence-corrected chi connectivity index (χ3v) is 4.46. The van der Waals surface area contributed by atoms with Gasteiger partial charge in [0, 0.05) is 0 Å². The van der Waals surface area contributed by atoms with Crippen LogP contribution in [0, 0.1) is 0 Å². The van der Waals surface area contributed by atoms with Crippen LogP contribution in [0.15, 0.2) is 28.3 Å². The molecule has 0 saturated heterocycles. The van der Waals surface area contributed by atoms with Gasteiger partial charge < -0.3 is 0 Å². The van der Waals surface area contributed by atoms with Gasteiger partial charge in [-0.15, -0.1) is 0 Å². The van der Waals surface area contributed by atoms with Crippen molar-refractivity contribution >= 4 is 35.2 Å². The standard InChI is InChI=1S/C9H6O2Te/c10-9(11)7-5-12-8-4-2-1-3-6(7)8/h1-5H,(H,10,11). The van der Waals surface area contributed by atoms with Gasteiger partial charge in [0.05, 0.1) is 0 Å². The van der Waals surface area contributed by atoms with Crippen LogP contribution in [0.4, 0.5) is 0 Å². The number of carboxylic acid groups (broad SMARTS) is 1. The second kappa shape index (κ2) is 2.93. The Balaban J connectivity index is 2.79. The quantitative estimate of drug-likeness (QED) is 0.802. The normalized spacial score (nSPS) is 10.3. The van der Waals surface area contributed by atoms with Crippen LogP contribution in [0.25, 0.3) is 8.79 Å². The Morgan fingerprint density at radius 2 is 2.08 bits per heavy atom. The van der Waals surface area contributed by atoms with Crippen molar-refractivity contribution in [3.8, 4) is 0 Å². The summed E-state index contributed by atoms with van der Waals surface area (Å²) < 4.78 is 3.12. The maximum atomic E-state index is 10.7. The molecule has 0 aliphatic rings. The van der Waals surface area contributed by atoms with E-state index in [1.54, 1.807) is 0 Å². The molecule has 1 N–H and O–H groups in total. The molecule has 0 aliphatic heterocycles. The molecule has 2 rings (SSSR count). The Labute approximate surface area is 79.1 Å². The topological polar surface area (TPSA) is 37.3 Å². The van der Waals surface area contributed by atoms with E-state index in [-0.39, 0.29) is 20.4 Å². The van der Waals surface area contributed by atoms with Gasteiger partial charge in [0.25, 0.3) is 0 Å². The summed E-state index contributed by atoms with van der Waals surface area (Å²) in [5.41, 5.74) is 0.494. The van der Waals surface area contributed by atoms with Crippen LogP contribution < -0.4 is 0 Å². The third-order valence-electron chi connectivity index (χ3n) is 1.71. The van der Waals surface area contributed by atoms with Gasteiger partial charge in [-0.25, -0.2) is 0 Å². The van der Waals surface area contributed by atoms with Gasteiger partial charge in [-0.05, 0) is 0 Å². The maximum absolute atomic E-state index is 10.7. The molecule has 0 aliphatic carbocycles. The Hall–Kier alpha value is -0.780. The number of hydrogen-bond donors (Lipinski definition) is 1. The number of aromatic carboxylic acids is 1. The van der Waals surface area contributed by atoms with Crippen LogP contribution in [-0.4, -0.2) is 31.5 Å². The van der Waals surface area contributed by atoms with Gasteiger partial charge in [0.1, 0.15) is 0 Å². The molecule has 2 aromatic rings. The van der Waals surface area contributed by atoms with Crippen LogP contribution in [0.2, 0.25) is 0 Å². The second-order valence-electron chi connectivity index (χ2n) is 2.45. The van der Waals surface area contributed by atoms with Crippen LogP contribution in [0.1, 0.15) is 10.4 Å². The van der Waals surface area contributed by atoms with E-state index >= 15 is 0 Å². The molecule has 1 aromatic heterocycles. The molecule has 0 bridgehead atoms. The molecule has 3 heteroatoms. The van der Waals surface area contributed by atoms with Gasteiger partial charge in [-0.1, -0.05) is 0 Å². The SMILES string of the molecule is O=C(O)c1c[te]c2ccccc12. The molecule has 0 fully saturated rings. The minimum atomic E-state index is -0.801. The van der Waals surface area contributed by atoms with Crippen molar-refractivity contribution in [2.45, 2.75) is 0 Å². The van der Waals surface area contributed by atoms with Crippen LogP contribution in [0.5, 0.6) is 0 Å². The predicted octanol–water partition coefficient (Wildman–Crippen LogP) is 1.59. The molecule has 1 heterocycles. The number of fused-ring (bicyclic) bond motifs is 1. The summed E-state index contributed by atoms with van der Waals surface area (Å²) in [6.07, 6.45) is 0. The number of carbonyl (C=O) groups is 1. The van der Waals surface area contributed by atoms with Crippen molar-refractivity contribution in [2.75, 3.05) is 0 Å². The first-order valence-corrected chi connectivity index (χ1v) is 5.99. The summed E-state index contributed by atoms with van der Waals surface area (Å²) in [6, 6.07) is 7.74.